The van der Waals surface area contributed by atoms with Crippen LogP contribution in [0.15, 0.2) is 33.9 Å². The van der Waals surface area contributed by atoms with Crippen molar-refractivity contribution in [3.05, 3.63) is 55.8 Å². The summed E-state index contributed by atoms with van der Waals surface area (Å²) >= 11 is 0. The largest absolute Gasteiger partial charge is 0.394 e. The second-order valence-electron chi connectivity index (χ2n) is 6.18. The van der Waals surface area contributed by atoms with Gasteiger partial charge in [0.1, 0.15) is 11.4 Å². The molecule has 0 bridgehead atoms. The molecule has 0 saturated heterocycles. The van der Waals surface area contributed by atoms with Crippen LogP contribution in [0.1, 0.15) is 31.9 Å². The quantitative estimate of drug-likeness (QED) is 0.865. The van der Waals surface area contributed by atoms with Crippen LogP contribution in [0.4, 0.5) is 11.4 Å². The SMILES string of the molecule is CN(Cc1ccccc1C(C)(C)C)c1c(N)c(=O)c1=O. The Bertz CT molecular complexity index is 704. The lowest BCUT2D eigenvalue weighted by Crippen LogP contribution is -2.41. The molecule has 0 fully saturated rings. The average Bonchev–Trinajstić information content (AvgIpc) is 2.37. The maximum atomic E-state index is 11.6. The predicted octanol–water partition coefficient (Wildman–Crippen LogP) is 1.80. The molecule has 0 atom stereocenters. The molecule has 0 aliphatic heterocycles. The second-order valence-corrected chi connectivity index (χ2v) is 6.18. The molecule has 20 heavy (non-hydrogen) atoms. The molecule has 0 aliphatic rings. The molecule has 4 nitrogen and oxygen atoms in total. The van der Waals surface area contributed by atoms with Gasteiger partial charge in [0, 0.05) is 13.6 Å². The molecule has 0 radical (unpaired) electrons. The first-order valence-corrected chi connectivity index (χ1v) is 6.61. The van der Waals surface area contributed by atoms with Gasteiger partial charge in [-0.1, -0.05) is 45.0 Å². The van der Waals surface area contributed by atoms with Gasteiger partial charge < -0.3 is 10.6 Å². The minimum atomic E-state index is -0.573. The van der Waals surface area contributed by atoms with Gasteiger partial charge in [-0.2, -0.15) is 0 Å². The van der Waals surface area contributed by atoms with Crippen LogP contribution in [0.25, 0.3) is 0 Å². The van der Waals surface area contributed by atoms with Crippen LogP contribution in [0.5, 0.6) is 0 Å². The molecule has 0 aliphatic carbocycles. The van der Waals surface area contributed by atoms with Gasteiger partial charge in [0.2, 0.25) is 0 Å². The minimum Gasteiger partial charge on any atom is -0.394 e. The summed E-state index contributed by atoms with van der Waals surface area (Å²) < 4.78 is 0. The molecule has 0 aromatic heterocycles. The van der Waals surface area contributed by atoms with Crippen molar-refractivity contribution in [1.29, 1.82) is 0 Å². The zero-order chi connectivity index (χ0) is 15.1. The second kappa shape index (κ2) is 4.78. The Morgan fingerprint density at radius 2 is 1.70 bits per heavy atom. The van der Waals surface area contributed by atoms with Crippen LogP contribution in [-0.2, 0) is 12.0 Å². The molecule has 0 amide bonds. The number of hydrogen-bond acceptors (Lipinski definition) is 4. The monoisotopic (exact) mass is 272 g/mol. The fraction of sp³-hybridized carbons (Fsp3) is 0.375. The third-order valence-electron chi connectivity index (χ3n) is 3.54. The van der Waals surface area contributed by atoms with Crippen LogP contribution < -0.4 is 21.5 Å². The van der Waals surface area contributed by atoms with Crippen LogP contribution in [0.2, 0.25) is 0 Å². The lowest BCUT2D eigenvalue weighted by Gasteiger charge is -2.27. The van der Waals surface area contributed by atoms with Crippen molar-refractivity contribution in [3.63, 3.8) is 0 Å². The fourth-order valence-electron chi connectivity index (χ4n) is 2.50. The highest BCUT2D eigenvalue weighted by molar-refractivity contribution is 5.72. The average molecular weight is 272 g/mol. The van der Waals surface area contributed by atoms with E-state index < -0.39 is 10.9 Å². The van der Waals surface area contributed by atoms with Crippen LogP contribution >= 0.6 is 0 Å². The highest BCUT2D eigenvalue weighted by Gasteiger charge is 2.23. The number of nitrogens with two attached hydrogens (primary N) is 1. The first-order chi connectivity index (χ1) is 9.23. The standard InChI is InChI=1S/C16H20N2O2/c1-16(2,3)11-8-6-5-7-10(11)9-18(4)13-12(17)14(19)15(13)20/h5-8H,9,17H2,1-4H3. The van der Waals surface area contributed by atoms with Gasteiger partial charge in [-0.05, 0) is 16.5 Å². The molecule has 0 unspecified atom stereocenters. The smallest absolute Gasteiger partial charge is 0.253 e. The van der Waals surface area contributed by atoms with Gasteiger partial charge in [0.05, 0.1) is 0 Å². The van der Waals surface area contributed by atoms with Crippen molar-refractivity contribution in [2.24, 2.45) is 0 Å². The Labute approximate surface area is 118 Å². The maximum absolute atomic E-state index is 11.6. The molecule has 0 saturated carbocycles. The van der Waals surface area contributed by atoms with Crippen LogP contribution in [-0.4, -0.2) is 7.05 Å². The number of hydrogen-bond donors (Lipinski definition) is 1. The molecule has 2 rings (SSSR count). The summed E-state index contributed by atoms with van der Waals surface area (Å²) in [5.74, 6) is 0. The van der Waals surface area contributed by atoms with Crippen molar-refractivity contribution >= 4 is 11.4 Å². The van der Waals surface area contributed by atoms with Crippen molar-refractivity contribution in [1.82, 2.24) is 0 Å². The van der Waals surface area contributed by atoms with E-state index in [2.05, 4.69) is 26.8 Å². The highest BCUT2D eigenvalue weighted by atomic mass is 16.2. The van der Waals surface area contributed by atoms with Crippen molar-refractivity contribution in [2.75, 3.05) is 17.7 Å². The first kappa shape index (κ1) is 14.3. The molecule has 106 valence electrons. The van der Waals surface area contributed by atoms with E-state index in [-0.39, 0.29) is 11.1 Å². The number of nitrogen functional groups attached to an aromatic ring is 1. The Morgan fingerprint density at radius 3 is 2.25 bits per heavy atom. The lowest BCUT2D eigenvalue weighted by atomic mass is 9.83. The normalized spacial score (nSPS) is 11.8. The van der Waals surface area contributed by atoms with Gasteiger partial charge in [-0.15, -0.1) is 0 Å². The minimum absolute atomic E-state index is 0.0246. The molecule has 0 spiro atoms. The van der Waals surface area contributed by atoms with E-state index in [1.54, 1.807) is 11.9 Å². The van der Waals surface area contributed by atoms with Gasteiger partial charge in [0.25, 0.3) is 10.9 Å². The topological polar surface area (TPSA) is 63.4 Å². The molecule has 2 aromatic rings. The van der Waals surface area contributed by atoms with E-state index >= 15 is 0 Å². The van der Waals surface area contributed by atoms with E-state index in [4.69, 9.17) is 5.73 Å². The van der Waals surface area contributed by atoms with Crippen molar-refractivity contribution in [3.8, 4) is 0 Å². The number of anilines is 2. The third-order valence-corrected chi connectivity index (χ3v) is 3.54. The Kier molecular flexibility index (Phi) is 3.42. The molecule has 4 heteroatoms. The third kappa shape index (κ3) is 2.33. The first-order valence-electron chi connectivity index (χ1n) is 6.61. The molecule has 0 heterocycles. The molecular formula is C16H20N2O2. The van der Waals surface area contributed by atoms with Crippen molar-refractivity contribution in [2.45, 2.75) is 32.7 Å². The summed E-state index contributed by atoms with van der Waals surface area (Å²) in [5, 5.41) is 0. The highest BCUT2D eigenvalue weighted by Crippen LogP contribution is 2.27. The molecular weight excluding hydrogens is 252 g/mol. The summed E-state index contributed by atoms with van der Waals surface area (Å²) in [6.45, 7) is 7.01. The van der Waals surface area contributed by atoms with Crippen LogP contribution in [0.3, 0.4) is 0 Å². The fourth-order valence-corrected chi connectivity index (χ4v) is 2.50. The Morgan fingerprint density at radius 1 is 1.10 bits per heavy atom. The molecule has 2 aromatic carbocycles. The van der Waals surface area contributed by atoms with Gasteiger partial charge in [-0.3, -0.25) is 9.59 Å². The van der Waals surface area contributed by atoms with E-state index in [1.807, 2.05) is 18.2 Å². The number of nitrogens with zero attached hydrogens (tertiary/aromatic N) is 1. The van der Waals surface area contributed by atoms with E-state index in [1.165, 1.54) is 5.56 Å². The van der Waals surface area contributed by atoms with Gasteiger partial charge in [-0.25, -0.2) is 0 Å². The predicted molar refractivity (Wildman–Crippen MR) is 83.0 cm³/mol. The van der Waals surface area contributed by atoms with Crippen LogP contribution in [0, 0.1) is 0 Å². The number of benzene rings is 1. The lowest BCUT2D eigenvalue weighted by molar-refractivity contribution is 0.581. The summed E-state index contributed by atoms with van der Waals surface area (Å²) in [5.41, 5.74) is 7.33. The van der Waals surface area contributed by atoms with Crippen molar-refractivity contribution < 1.29 is 0 Å². The molecule has 2 N–H and O–H groups in total. The summed E-state index contributed by atoms with van der Waals surface area (Å²) in [4.78, 5) is 24.5. The Balaban J connectivity index is 2.32. The summed E-state index contributed by atoms with van der Waals surface area (Å²) in [7, 11) is 1.78. The summed E-state index contributed by atoms with van der Waals surface area (Å²) in [6.07, 6.45) is 0. The zero-order valence-corrected chi connectivity index (χ0v) is 12.4. The van der Waals surface area contributed by atoms with Gasteiger partial charge >= 0.3 is 0 Å². The van der Waals surface area contributed by atoms with E-state index in [0.29, 0.717) is 12.2 Å². The number of rotatable bonds is 3. The van der Waals surface area contributed by atoms with Gasteiger partial charge in [0.15, 0.2) is 0 Å². The maximum Gasteiger partial charge on any atom is 0.253 e. The van der Waals surface area contributed by atoms with E-state index in [0.717, 1.165) is 5.56 Å². The summed E-state index contributed by atoms with van der Waals surface area (Å²) in [6, 6.07) is 8.12. The Hall–Kier alpha value is -2.10. The van der Waals surface area contributed by atoms with E-state index in [9.17, 15) is 9.59 Å². The zero-order valence-electron chi connectivity index (χ0n) is 12.4.